The zero-order valence-electron chi connectivity index (χ0n) is 22.5. The molecule has 0 bridgehead atoms. The Kier molecular flexibility index (Phi) is 7.19. The van der Waals surface area contributed by atoms with E-state index in [1.807, 2.05) is 41.3 Å². The summed E-state index contributed by atoms with van der Waals surface area (Å²) in [6, 6.07) is 25.9. The fourth-order valence-corrected chi connectivity index (χ4v) is 5.65. The number of ether oxygens (including phenoxy) is 1. The normalized spacial score (nSPS) is 17.5. The Bertz CT molecular complexity index is 1520. The monoisotopic (exact) mass is 532 g/mol. The summed E-state index contributed by atoms with van der Waals surface area (Å²) < 4.78 is 5.47. The Morgan fingerprint density at radius 2 is 1.80 bits per heavy atom. The molecule has 0 unspecified atom stereocenters. The summed E-state index contributed by atoms with van der Waals surface area (Å²) in [5.74, 6) is 1.19. The van der Waals surface area contributed by atoms with E-state index in [1.54, 1.807) is 31.6 Å². The molecule has 202 valence electrons. The molecule has 1 fully saturated rings. The number of rotatable bonds is 7. The van der Waals surface area contributed by atoms with E-state index in [0.29, 0.717) is 31.7 Å². The molecule has 4 aromatic rings. The van der Waals surface area contributed by atoms with E-state index >= 15 is 0 Å². The molecule has 0 spiro atoms. The number of benzene rings is 3. The first-order valence-corrected chi connectivity index (χ1v) is 13.7. The van der Waals surface area contributed by atoms with Gasteiger partial charge in [-0.25, -0.2) is 4.79 Å². The van der Waals surface area contributed by atoms with Gasteiger partial charge in [-0.3, -0.25) is 9.78 Å². The topological polar surface area (TPSA) is 83.6 Å². The van der Waals surface area contributed by atoms with Crippen LogP contribution in [0, 0.1) is 5.92 Å². The largest absolute Gasteiger partial charge is 0.497 e. The standard InChI is InChI=1S/C33H32N4O3/c1-40-26-9-5-8-23(18-26)27-11-10-24(20-35-32(38)30-19-29(30)22-6-3-2-4-7-22)31-21-37(17-14-28(27)31)33(39)36-25-12-15-34-16-13-25/h2-13,15-16,18,29-30H,14,17,19-21H2,1H3,(H,35,38)(H,34,36,39)/t29-,30+/m1/s1. The molecule has 2 atom stereocenters. The summed E-state index contributed by atoms with van der Waals surface area (Å²) in [5.41, 5.74) is 7.47. The summed E-state index contributed by atoms with van der Waals surface area (Å²) in [5, 5.41) is 6.17. The molecular weight excluding hydrogens is 500 g/mol. The smallest absolute Gasteiger partial charge is 0.322 e. The van der Waals surface area contributed by atoms with Gasteiger partial charge in [0, 0.05) is 43.6 Å². The van der Waals surface area contributed by atoms with Gasteiger partial charge in [0.05, 0.1) is 7.11 Å². The summed E-state index contributed by atoms with van der Waals surface area (Å²) in [4.78, 5) is 32.1. The van der Waals surface area contributed by atoms with E-state index in [4.69, 9.17) is 4.74 Å². The fraction of sp³-hybridized carbons (Fsp3) is 0.242. The van der Waals surface area contributed by atoms with Crippen LogP contribution in [0.5, 0.6) is 5.75 Å². The van der Waals surface area contributed by atoms with Gasteiger partial charge in [-0.15, -0.1) is 0 Å². The van der Waals surface area contributed by atoms with Gasteiger partial charge < -0.3 is 20.3 Å². The lowest BCUT2D eigenvalue weighted by Gasteiger charge is -2.32. The SMILES string of the molecule is COc1cccc(-c2ccc(CNC(=O)[C@H]3C[C@@H]3c3ccccc3)c3c2CCN(C(=O)Nc2ccncc2)C3)c1. The van der Waals surface area contributed by atoms with Gasteiger partial charge in [-0.2, -0.15) is 0 Å². The Labute approximate surface area is 234 Å². The number of urea groups is 1. The van der Waals surface area contributed by atoms with Crippen LogP contribution in [0.15, 0.2) is 91.3 Å². The Morgan fingerprint density at radius 3 is 2.60 bits per heavy atom. The molecule has 40 heavy (non-hydrogen) atoms. The maximum atomic E-state index is 13.2. The second-order valence-corrected chi connectivity index (χ2v) is 10.4. The van der Waals surface area contributed by atoms with E-state index in [0.717, 1.165) is 34.4 Å². The highest BCUT2D eigenvalue weighted by Gasteiger charge is 2.43. The average molecular weight is 533 g/mol. The maximum Gasteiger partial charge on any atom is 0.322 e. The lowest BCUT2D eigenvalue weighted by molar-refractivity contribution is -0.122. The van der Waals surface area contributed by atoms with Crippen LogP contribution in [0.4, 0.5) is 10.5 Å². The first-order valence-electron chi connectivity index (χ1n) is 13.7. The summed E-state index contributed by atoms with van der Waals surface area (Å²) in [6.07, 6.45) is 4.91. The Hall–Kier alpha value is -4.65. The van der Waals surface area contributed by atoms with Gasteiger partial charge in [0.1, 0.15) is 5.75 Å². The molecule has 1 saturated carbocycles. The van der Waals surface area contributed by atoms with Crippen molar-refractivity contribution in [2.75, 3.05) is 19.0 Å². The number of amides is 3. The van der Waals surface area contributed by atoms with Crippen molar-refractivity contribution in [3.05, 3.63) is 114 Å². The van der Waals surface area contributed by atoms with Gasteiger partial charge >= 0.3 is 6.03 Å². The highest BCUT2D eigenvalue weighted by atomic mass is 16.5. The van der Waals surface area contributed by atoms with Crippen LogP contribution >= 0.6 is 0 Å². The third-order valence-electron chi connectivity index (χ3n) is 7.92. The van der Waals surface area contributed by atoms with Crippen molar-refractivity contribution in [2.45, 2.75) is 31.8 Å². The first-order chi connectivity index (χ1) is 19.6. The number of carbonyl (C=O) groups is 2. The molecule has 2 heterocycles. The van der Waals surface area contributed by atoms with Gasteiger partial charge in [-0.1, -0.05) is 54.6 Å². The van der Waals surface area contributed by atoms with Gasteiger partial charge in [-0.05, 0) is 76.4 Å². The van der Waals surface area contributed by atoms with E-state index in [-0.39, 0.29) is 23.8 Å². The number of anilines is 1. The van der Waals surface area contributed by atoms with E-state index in [9.17, 15) is 9.59 Å². The van der Waals surface area contributed by atoms with Crippen molar-refractivity contribution in [2.24, 2.45) is 5.92 Å². The Morgan fingerprint density at radius 1 is 0.975 bits per heavy atom. The third-order valence-corrected chi connectivity index (χ3v) is 7.92. The number of hydrogen-bond donors (Lipinski definition) is 2. The van der Waals surface area contributed by atoms with Crippen molar-refractivity contribution >= 4 is 17.6 Å². The lowest BCUT2D eigenvalue weighted by atomic mass is 9.87. The van der Waals surface area contributed by atoms with E-state index in [1.165, 1.54) is 11.1 Å². The third kappa shape index (κ3) is 5.41. The summed E-state index contributed by atoms with van der Waals surface area (Å²) in [7, 11) is 1.67. The molecule has 7 heteroatoms. The minimum absolute atomic E-state index is 0.0110. The van der Waals surface area contributed by atoms with E-state index in [2.05, 4.69) is 45.9 Å². The van der Waals surface area contributed by atoms with Crippen molar-refractivity contribution in [3.63, 3.8) is 0 Å². The zero-order valence-corrected chi connectivity index (χ0v) is 22.5. The van der Waals surface area contributed by atoms with Gasteiger partial charge in [0.15, 0.2) is 0 Å². The van der Waals surface area contributed by atoms with Gasteiger partial charge in [0.25, 0.3) is 0 Å². The fourth-order valence-electron chi connectivity index (χ4n) is 5.65. The second-order valence-electron chi connectivity index (χ2n) is 10.4. The van der Waals surface area contributed by atoms with Crippen LogP contribution in [-0.4, -0.2) is 35.5 Å². The summed E-state index contributed by atoms with van der Waals surface area (Å²) >= 11 is 0. The number of nitrogens with zero attached hydrogens (tertiary/aromatic N) is 2. The molecule has 0 radical (unpaired) electrons. The second kappa shape index (κ2) is 11.2. The van der Waals surface area contributed by atoms with Crippen LogP contribution in [0.1, 0.15) is 34.6 Å². The minimum Gasteiger partial charge on any atom is -0.497 e. The molecule has 2 N–H and O–H groups in total. The number of methoxy groups -OCH3 is 1. The number of nitrogens with one attached hydrogen (secondary N) is 2. The highest BCUT2D eigenvalue weighted by Crippen LogP contribution is 2.47. The average Bonchev–Trinajstić information content (AvgIpc) is 3.82. The number of hydrogen-bond acceptors (Lipinski definition) is 4. The zero-order chi connectivity index (χ0) is 27.5. The number of aromatic nitrogens is 1. The van der Waals surface area contributed by atoms with Crippen LogP contribution in [0.25, 0.3) is 11.1 Å². The molecule has 7 nitrogen and oxygen atoms in total. The van der Waals surface area contributed by atoms with Crippen LogP contribution in [0.2, 0.25) is 0 Å². The predicted molar refractivity (Wildman–Crippen MR) is 155 cm³/mol. The molecule has 1 aliphatic heterocycles. The van der Waals surface area contributed by atoms with Crippen molar-refractivity contribution in [1.82, 2.24) is 15.2 Å². The first kappa shape index (κ1) is 25.6. The van der Waals surface area contributed by atoms with E-state index < -0.39 is 0 Å². The van der Waals surface area contributed by atoms with Crippen LogP contribution in [0.3, 0.4) is 0 Å². The predicted octanol–water partition coefficient (Wildman–Crippen LogP) is 5.77. The molecule has 3 amide bonds. The van der Waals surface area contributed by atoms with Crippen LogP contribution in [-0.2, 0) is 24.3 Å². The van der Waals surface area contributed by atoms with Gasteiger partial charge in [0.2, 0.25) is 5.91 Å². The molecule has 2 aliphatic rings. The number of carbonyl (C=O) groups excluding carboxylic acids is 2. The van der Waals surface area contributed by atoms with Crippen LogP contribution < -0.4 is 15.4 Å². The quantitative estimate of drug-likeness (QED) is 0.317. The van der Waals surface area contributed by atoms with Crippen molar-refractivity contribution < 1.29 is 14.3 Å². The number of pyridine rings is 1. The Balaban J connectivity index is 1.24. The molecule has 6 rings (SSSR count). The molecular formula is C33H32N4O3. The molecule has 1 aromatic heterocycles. The van der Waals surface area contributed by atoms with Crippen molar-refractivity contribution in [3.8, 4) is 16.9 Å². The maximum absolute atomic E-state index is 13.2. The van der Waals surface area contributed by atoms with Crippen molar-refractivity contribution in [1.29, 1.82) is 0 Å². The molecule has 1 aliphatic carbocycles. The highest BCUT2D eigenvalue weighted by molar-refractivity contribution is 5.89. The number of fused-ring (bicyclic) bond motifs is 1. The molecule has 0 saturated heterocycles. The summed E-state index contributed by atoms with van der Waals surface area (Å²) in [6.45, 7) is 1.49. The molecule has 3 aromatic carbocycles. The lowest BCUT2D eigenvalue weighted by Crippen LogP contribution is -2.39. The minimum atomic E-state index is -0.151.